The van der Waals surface area contributed by atoms with Crippen LogP contribution in [0.1, 0.15) is 10.6 Å². The lowest BCUT2D eigenvalue weighted by molar-refractivity contribution is 0.914. The van der Waals surface area contributed by atoms with Crippen LogP contribution in [0.4, 0.5) is 0 Å². The van der Waals surface area contributed by atoms with Gasteiger partial charge in [-0.1, -0.05) is 59.9 Å². The Kier molecular flexibility index (Phi) is 2.96. The van der Waals surface area contributed by atoms with Gasteiger partial charge in [-0.25, -0.2) is 0 Å². The number of aromatic nitrogens is 5. The molecule has 0 radical (unpaired) electrons. The second-order valence-corrected chi connectivity index (χ2v) is 6.69. The molecule has 2 aromatic carbocycles. The van der Waals surface area contributed by atoms with Gasteiger partial charge in [0.15, 0.2) is 0 Å². The first-order chi connectivity index (χ1) is 11.9. The summed E-state index contributed by atoms with van der Waals surface area (Å²) in [6, 6.07) is 20.6. The van der Waals surface area contributed by atoms with Crippen LogP contribution in [0.2, 0.25) is 0 Å². The SMILES string of the molecule is c1ccc(Cc2nn3c(-c4cc5ccccc5[nH]4)nnc3s2)cc1. The van der Waals surface area contributed by atoms with Gasteiger partial charge < -0.3 is 4.98 Å². The van der Waals surface area contributed by atoms with Gasteiger partial charge >= 0.3 is 0 Å². The topological polar surface area (TPSA) is 58.9 Å². The van der Waals surface area contributed by atoms with E-state index in [4.69, 9.17) is 5.10 Å². The Morgan fingerprint density at radius 1 is 0.958 bits per heavy atom. The number of benzene rings is 2. The normalized spacial score (nSPS) is 11.5. The van der Waals surface area contributed by atoms with Crippen LogP contribution in [-0.2, 0) is 6.42 Å². The fourth-order valence-electron chi connectivity index (χ4n) is 2.86. The quantitative estimate of drug-likeness (QED) is 0.545. The van der Waals surface area contributed by atoms with Gasteiger partial charge in [0.1, 0.15) is 5.01 Å². The molecule has 0 saturated carbocycles. The van der Waals surface area contributed by atoms with Crippen LogP contribution in [0, 0.1) is 0 Å². The summed E-state index contributed by atoms with van der Waals surface area (Å²) >= 11 is 1.58. The van der Waals surface area contributed by atoms with E-state index in [-0.39, 0.29) is 0 Å². The smallest absolute Gasteiger partial charge is 0.235 e. The molecule has 3 aromatic heterocycles. The lowest BCUT2D eigenvalue weighted by atomic mass is 10.2. The number of para-hydroxylation sites is 1. The third-order valence-electron chi connectivity index (χ3n) is 4.00. The number of nitrogens with zero attached hydrogens (tertiary/aromatic N) is 4. The summed E-state index contributed by atoms with van der Waals surface area (Å²) in [5.74, 6) is 0.747. The first-order valence-corrected chi connectivity index (χ1v) is 8.52. The molecule has 24 heavy (non-hydrogen) atoms. The van der Waals surface area contributed by atoms with Gasteiger partial charge in [-0.15, -0.1) is 10.2 Å². The van der Waals surface area contributed by atoms with E-state index in [9.17, 15) is 0 Å². The summed E-state index contributed by atoms with van der Waals surface area (Å²) in [5, 5.41) is 15.5. The van der Waals surface area contributed by atoms with Crippen molar-refractivity contribution >= 4 is 27.2 Å². The van der Waals surface area contributed by atoms with Crippen molar-refractivity contribution in [3.05, 3.63) is 71.2 Å². The van der Waals surface area contributed by atoms with Crippen molar-refractivity contribution in [2.45, 2.75) is 6.42 Å². The monoisotopic (exact) mass is 331 g/mol. The summed E-state index contributed by atoms with van der Waals surface area (Å²) in [7, 11) is 0. The van der Waals surface area contributed by atoms with Crippen molar-refractivity contribution < 1.29 is 0 Å². The van der Waals surface area contributed by atoms with Crippen molar-refractivity contribution in [3.63, 3.8) is 0 Å². The summed E-state index contributed by atoms with van der Waals surface area (Å²) in [4.78, 5) is 4.20. The number of hydrogen-bond acceptors (Lipinski definition) is 4. The molecule has 0 atom stereocenters. The van der Waals surface area contributed by atoms with E-state index in [0.717, 1.165) is 38.8 Å². The Bertz CT molecular complexity index is 1100. The first kappa shape index (κ1) is 13.4. The average molecular weight is 331 g/mol. The van der Waals surface area contributed by atoms with Crippen molar-refractivity contribution in [3.8, 4) is 11.5 Å². The molecular formula is C18H13N5S. The molecule has 0 aliphatic heterocycles. The highest BCUT2D eigenvalue weighted by Crippen LogP contribution is 2.25. The number of hydrogen-bond donors (Lipinski definition) is 1. The predicted molar refractivity (Wildman–Crippen MR) is 95.2 cm³/mol. The molecule has 0 aliphatic rings. The van der Waals surface area contributed by atoms with E-state index in [1.54, 1.807) is 11.3 Å². The van der Waals surface area contributed by atoms with Gasteiger partial charge in [-0.2, -0.15) is 9.61 Å². The van der Waals surface area contributed by atoms with Gasteiger partial charge in [0.05, 0.1) is 5.69 Å². The highest BCUT2D eigenvalue weighted by atomic mass is 32.1. The first-order valence-electron chi connectivity index (χ1n) is 7.70. The third-order valence-corrected chi connectivity index (χ3v) is 4.90. The van der Waals surface area contributed by atoms with E-state index >= 15 is 0 Å². The van der Waals surface area contributed by atoms with Crippen molar-refractivity contribution in [1.82, 2.24) is 24.8 Å². The number of rotatable bonds is 3. The number of H-pyrrole nitrogens is 1. The van der Waals surface area contributed by atoms with Crippen molar-refractivity contribution in [2.75, 3.05) is 0 Å². The molecule has 1 N–H and O–H groups in total. The summed E-state index contributed by atoms with van der Waals surface area (Å²) in [5.41, 5.74) is 3.26. The summed E-state index contributed by atoms with van der Waals surface area (Å²) < 4.78 is 1.83. The zero-order chi connectivity index (χ0) is 15.9. The minimum atomic E-state index is 0.747. The minimum Gasteiger partial charge on any atom is -0.352 e. The minimum absolute atomic E-state index is 0.747. The van der Waals surface area contributed by atoms with Gasteiger partial charge in [0, 0.05) is 17.3 Å². The standard InChI is InChI=1S/C18H13N5S/c1-2-6-12(7-3-1)10-16-22-23-17(20-21-18(23)24-16)15-11-13-8-4-5-9-14(13)19-15/h1-9,11,19H,10H2. The van der Waals surface area contributed by atoms with Gasteiger partial charge in [0.25, 0.3) is 0 Å². The van der Waals surface area contributed by atoms with Crippen LogP contribution in [0.5, 0.6) is 0 Å². The Balaban J connectivity index is 1.57. The van der Waals surface area contributed by atoms with Crippen LogP contribution >= 0.6 is 11.3 Å². The van der Waals surface area contributed by atoms with Crippen LogP contribution in [0.3, 0.4) is 0 Å². The van der Waals surface area contributed by atoms with E-state index in [1.165, 1.54) is 5.56 Å². The molecule has 116 valence electrons. The van der Waals surface area contributed by atoms with Crippen LogP contribution in [-0.4, -0.2) is 24.8 Å². The lowest BCUT2D eigenvalue weighted by Crippen LogP contribution is -1.93. The molecule has 0 spiro atoms. The second kappa shape index (κ2) is 5.28. The molecule has 6 heteroatoms. The number of nitrogens with one attached hydrogen (secondary N) is 1. The zero-order valence-electron chi connectivity index (χ0n) is 12.7. The maximum absolute atomic E-state index is 4.70. The van der Waals surface area contributed by atoms with Gasteiger partial charge in [-0.05, 0) is 17.7 Å². The Hall–Kier alpha value is -2.99. The maximum atomic E-state index is 4.70. The highest BCUT2D eigenvalue weighted by Gasteiger charge is 2.15. The van der Waals surface area contributed by atoms with Crippen LogP contribution < -0.4 is 0 Å². The molecule has 0 fully saturated rings. The molecule has 5 aromatic rings. The zero-order valence-corrected chi connectivity index (χ0v) is 13.5. The Labute approximate surface area is 141 Å². The number of aromatic amines is 1. The fourth-order valence-corrected chi connectivity index (χ4v) is 3.73. The molecular weight excluding hydrogens is 318 g/mol. The molecule has 0 saturated heterocycles. The largest absolute Gasteiger partial charge is 0.352 e. The molecule has 0 unspecified atom stereocenters. The summed E-state index contributed by atoms with van der Waals surface area (Å²) in [6.07, 6.45) is 0.807. The molecule has 5 rings (SSSR count). The van der Waals surface area contributed by atoms with E-state index in [1.807, 2.05) is 34.8 Å². The van der Waals surface area contributed by atoms with E-state index in [0.29, 0.717) is 0 Å². The van der Waals surface area contributed by atoms with E-state index < -0.39 is 0 Å². The predicted octanol–water partition coefficient (Wildman–Crippen LogP) is 3.92. The Morgan fingerprint density at radius 3 is 2.67 bits per heavy atom. The summed E-state index contributed by atoms with van der Waals surface area (Å²) in [6.45, 7) is 0. The molecule has 0 aliphatic carbocycles. The van der Waals surface area contributed by atoms with Crippen molar-refractivity contribution in [1.29, 1.82) is 0 Å². The second-order valence-electron chi connectivity index (χ2n) is 5.65. The van der Waals surface area contributed by atoms with Gasteiger partial charge in [-0.3, -0.25) is 0 Å². The van der Waals surface area contributed by atoms with Crippen LogP contribution in [0.25, 0.3) is 27.4 Å². The molecule has 5 nitrogen and oxygen atoms in total. The molecule has 0 amide bonds. The van der Waals surface area contributed by atoms with Crippen molar-refractivity contribution in [2.24, 2.45) is 0 Å². The van der Waals surface area contributed by atoms with E-state index in [2.05, 4.69) is 45.5 Å². The van der Waals surface area contributed by atoms with Crippen LogP contribution in [0.15, 0.2) is 60.7 Å². The maximum Gasteiger partial charge on any atom is 0.235 e. The Morgan fingerprint density at radius 2 is 1.79 bits per heavy atom. The molecule has 0 bridgehead atoms. The molecule has 3 heterocycles. The number of fused-ring (bicyclic) bond motifs is 2. The third kappa shape index (κ3) is 2.19. The highest BCUT2D eigenvalue weighted by molar-refractivity contribution is 7.16. The van der Waals surface area contributed by atoms with Gasteiger partial charge in [0.2, 0.25) is 10.8 Å². The lowest BCUT2D eigenvalue weighted by Gasteiger charge is -1.96. The average Bonchev–Trinajstić information content (AvgIpc) is 3.28. The fraction of sp³-hybridized carbons (Fsp3) is 0.0556.